The van der Waals surface area contributed by atoms with E-state index in [9.17, 15) is 9.59 Å². The van der Waals surface area contributed by atoms with Gasteiger partial charge in [-0.3, -0.25) is 4.79 Å². The molecule has 0 aliphatic carbocycles. The Morgan fingerprint density at radius 2 is 2.11 bits per heavy atom. The second-order valence-electron chi connectivity index (χ2n) is 3.76. The monoisotopic (exact) mass is 329 g/mol. The molecule has 0 spiro atoms. The molecule has 1 amide bonds. The average molecular weight is 330 g/mol. The average Bonchev–Trinajstić information content (AvgIpc) is 2.40. The summed E-state index contributed by atoms with van der Waals surface area (Å²) in [4.78, 5) is 22.5. The zero-order valence-corrected chi connectivity index (χ0v) is 12.2. The van der Waals surface area contributed by atoms with Gasteiger partial charge in [-0.25, -0.2) is 4.79 Å². The molecule has 104 valence electrons. The molecule has 0 saturated carbocycles. The molecular formula is C13H16BrNO4. The van der Waals surface area contributed by atoms with Crippen molar-refractivity contribution in [1.82, 2.24) is 5.32 Å². The van der Waals surface area contributed by atoms with E-state index in [1.54, 1.807) is 18.2 Å². The first-order valence-electron chi connectivity index (χ1n) is 5.92. The Morgan fingerprint density at radius 3 is 2.79 bits per heavy atom. The highest BCUT2D eigenvalue weighted by molar-refractivity contribution is 9.10. The number of carbonyl (C=O) groups excluding carboxylic acids is 2. The maximum Gasteiger partial charge on any atom is 0.344 e. The third kappa shape index (κ3) is 6.81. The van der Waals surface area contributed by atoms with Gasteiger partial charge in [0.2, 0.25) is 0 Å². The van der Waals surface area contributed by atoms with Crippen LogP contribution in [-0.2, 0) is 14.3 Å². The quantitative estimate of drug-likeness (QED) is 0.776. The summed E-state index contributed by atoms with van der Waals surface area (Å²) in [5, 5.41) is 2.61. The van der Waals surface area contributed by atoms with Crippen molar-refractivity contribution in [2.24, 2.45) is 0 Å². The third-order valence-corrected chi connectivity index (χ3v) is 2.58. The van der Waals surface area contributed by atoms with Crippen molar-refractivity contribution < 1.29 is 19.1 Å². The van der Waals surface area contributed by atoms with Crippen LogP contribution in [0, 0.1) is 0 Å². The number of nitrogens with one attached hydrogen (secondary N) is 1. The Morgan fingerprint density at radius 1 is 1.32 bits per heavy atom. The topological polar surface area (TPSA) is 64.6 Å². The molecule has 1 N–H and O–H groups in total. The Labute approximate surface area is 120 Å². The van der Waals surface area contributed by atoms with Gasteiger partial charge in [-0.2, -0.15) is 0 Å². The number of hydrogen-bond acceptors (Lipinski definition) is 4. The van der Waals surface area contributed by atoms with Crippen LogP contribution in [0.25, 0.3) is 0 Å². The van der Waals surface area contributed by atoms with Crippen LogP contribution < -0.4 is 10.1 Å². The van der Waals surface area contributed by atoms with Crippen LogP contribution in [0.5, 0.6) is 5.75 Å². The predicted octanol–water partition coefficient (Wildman–Crippen LogP) is 1.90. The minimum Gasteiger partial charge on any atom is -0.482 e. The highest BCUT2D eigenvalue weighted by atomic mass is 79.9. The molecule has 1 aromatic carbocycles. The van der Waals surface area contributed by atoms with Gasteiger partial charge in [0.25, 0.3) is 5.91 Å². The van der Waals surface area contributed by atoms with Crippen molar-refractivity contribution >= 4 is 27.8 Å². The molecule has 0 heterocycles. The summed E-state index contributed by atoms with van der Waals surface area (Å²) in [6, 6.07) is 7.11. The molecule has 6 heteroatoms. The number of ether oxygens (including phenoxy) is 2. The van der Waals surface area contributed by atoms with E-state index in [4.69, 9.17) is 9.47 Å². The first kappa shape index (κ1) is 15.5. The molecule has 0 atom stereocenters. The Hall–Kier alpha value is -1.56. The van der Waals surface area contributed by atoms with Crippen LogP contribution in [0.2, 0.25) is 0 Å². The van der Waals surface area contributed by atoms with E-state index in [1.807, 2.05) is 13.0 Å². The summed E-state index contributed by atoms with van der Waals surface area (Å²) in [6.45, 7) is 2.02. The first-order chi connectivity index (χ1) is 9.11. The van der Waals surface area contributed by atoms with E-state index in [0.29, 0.717) is 12.3 Å². The standard InChI is InChI=1S/C13H16BrNO4/c1-2-6-15-12(16)8-19-13(17)9-18-11-5-3-4-10(14)7-11/h3-5,7H,2,6,8-9H2,1H3,(H,15,16). The van der Waals surface area contributed by atoms with Gasteiger partial charge in [-0.05, 0) is 24.6 Å². The zero-order valence-electron chi connectivity index (χ0n) is 10.6. The van der Waals surface area contributed by atoms with E-state index < -0.39 is 5.97 Å². The van der Waals surface area contributed by atoms with Gasteiger partial charge >= 0.3 is 5.97 Å². The lowest BCUT2D eigenvalue weighted by Crippen LogP contribution is -2.30. The van der Waals surface area contributed by atoms with Crippen molar-refractivity contribution in [2.45, 2.75) is 13.3 Å². The van der Waals surface area contributed by atoms with Gasteiger partial charge in [0, 0.05) is 11.0 Å². The van der Waals surface area contributed by atoms with Crippen LogP contribution in [0.3, 0.4) is 0 Å². The minimum absolute atomic E-state index is 0.225. The fourth-order valence-corrected chi connectivity index (χ4v) is 1.58. The number of hydrogen-bond donors (Lipinski definition) is 1. The van der Waals surface area contributed by atoms with Gasteiger partial charge in [-0.15, -0.1) is 0 Å². The molecule has 0 radical (unpaired) electrons. The number of carbonyl (C=O) groups is 2. The molecule has 1 aromatic rings. The maximum absolute atomic E-state index is 11.3. The highest BCUT2D eigenvalue weighted by Crippen LogP contribution is 2.17. The number of rotatable bonds is 7. The molecule has 1 rings (SSSR count). The summed E-state index contributed by atoms with van der Waals surface area (Å²) >= 11 is 3.29. The SMILES string of the molecule is CCCNC(=O)COC(=O)COc1cccc(Br)c1. The second kappa shape index (κ2) is 8.53. The molecule has 0 aliphatic heterocycles. The van der Waals surface area contributed by atoms with Crippen LogP contribution in [-0.4, -0.2) is 31.6 Å². The smallest absolute Gasteiger partial charge is 0.344 e. The largest absolute Gasteiger partial charge is 0.482 e. The molecule has 0 aromatic heterocycles. The number of benzene rings is 1. The first-order valence-corrected chi connectivity index (χ1v) is 6.71. The molecule has 0 saturated heterocycles. The number of halogens is 1. The number of amides is 1. The summed E-state index contributed by atoms with van der Waals surface area (Å²) in [5.41, 5.74) is 0. The van der Waals surface area contributed by atoms with Gasteiger partial charge in [0.15, 0.2) is 13.2 Å². The van der Waals surface area contributed by atoms with Crippen LogP contribution >= 0.6 is 15.9 Å². The molecular weight excluding hydrogens is 314 g/mol. The van der Waals surface area contributed by atoms with Crippen LogP contribution in [0.1, 0.15) is 13.3 Å². The van der Waals surface area contributed by atoms with Crippen molar-refractivity contribution in [1.29, 1.82) is 0 Å². The van der Waals surface area contributed by atoms with E-state index in [2.05, 4.69) is 21.2 Å². The van der Waals surface area contributed by atoms with E-state index in [0.717, 1.165) is 10.9 Å². The normalized spacial score (nSPS) is 9.79. The van der Waals surface area contributed by atoms with E-state index in [1.165, 1.54) is 0 Å². The van der Waals surface area contributed by atoms with Crippen molar-refractivity contribution in [3.05, 3.63) is 28.7 Å². The lowest BCUT2D eigenvalue weighted by Gasteiger charge is -2.07. The summed E-state index contributed by atoms with van der Waals surface area (Å²) in [6.07, 6.45) is 0.839. The van der Waals surface area contributed by atoms with Gasteiger partial charge in [-0.1, -0.05) is 28.9 Å². The van der Waals surface area contributed by atoms with Crippen molar-refractivity contribution in [2.75, 3.05) is 19.8 Å². The number of esters is 1. The maximum atomic E-state index is 11.3. The van der Waals surface area contributed by atoms with Gasteiger partial charge in [0.1, 0.15) is 5.75 Å². The predicted molar refractivity (Wildman–Crippen MR) is 73.9 cm³/mol. The lowest BCUT2D eigenvalue weighted by molar-refractivity contribution is -0.150. The molecule has 19 heavy (non-hydrogen) atoms. The Kier molecular flexibility index (Phi) is 6.95. The zero-order chi connectivity index (χ0) is 14.1. The van der Waals surface area contributed by atoms with Crippen LogP contribution in [0.15, 0.2) is 28.7 Å². The van der Waals surface area contributed by atoms with E-state index >= 15 is 0 Å². The summed E-state index contributed by atoms with van der Waals surface area (Å²) < 4.78 is 10.8. The van der Waals surface area contributed by atoms with Gasteiger partial charge < -0.3 is 14.8 Å². The lowest BCUT2D eigenvalue weighted by atomic mass is 10.3. The van der Waals surface area contributed by atoms with Crippen molar-refractivity contribution in [3.8, 4) is 5.75 Å². The Balaban J connectivity index is 2.23. The summed E-state index contributed by atoms with van der Waals surface area (Å²) in [7, 11) is 0. The minimum atomic E-state index is -0.577. The van der Waals surface area contributed by atoms with Gasteiger partial charge in [0.05, 0.1) is 0 Å². The molecule has 0 bridgehead atoms. The molecule has 0 unspecified atom stereocenters. The van der Waals surface area contributed by atoms with Crippen LogP contribution in [0.4, 0.5) is 0 Å². The third-order valence-electron chi connectivity index (χ3n) is 2.09. The molecule has 0 fully saturated rings. The summed E-state index contributed by atoms with van der Waals surface area (Å²) in [5.74, 6) is -0.328. The molecule has 0 aliphatic rings. The Bertz CT molecular complexity index is 436. The fourth-order valence-electron chi connectivity index (χ4n) is 1.20. The molecule has 5 nitrogen and oxygen atoms in total. The second-order valence-corrected chi connectivity index (χ2v) is 4.67. The fraction of sp³-hybridized carbons (Fsp3) is 0.385. The van der Waals surface area contributed by atoms with Crippen molar-refractivity contribution in [3.63, 3.8) is 0 Å². The van der Waals surface area contributed by atoms with E-state index in [-0.39, 0.29) is 19.1 Å². The highest BCUT2D eigenvalue weighted by Gasteiger charge is 2.07.